The van der Waals surface area contributed by atoms with Crippen molar-refractivity contribution < 1.29 is 60.8 Å². The first-order valence-corrected chi connectivity index (χ1v) is 19.4. The number of allylic oxidation sites excluding steroid dienone is 1. The molecule has 14 nitrogen and oxygen atoms in total. The van der Waals surface area contributed by atoms with Crippen LogP contribution in [0.2, 0.25) is 0 Å². The largest absolute Gasteiger partial charge is 0.502 e. The second kappa shape index (κ2) is 19.0. The molecule has 1 saturated carbocycles. The van der Waals surface area contributed by atoms with Crippen molar-refractivity contribution in [3.63, 3.8) is 0 Å². The van der Waals surface area contributed by atoms with Crippen LogP contribution in [-0.2, 0) is 40.4 Å². The maximum atomic E-state index is 13.7. The Labute approximate surface area is 317 Å². The predicted molar refractivity (Wildman–Crippen MR) is 200 cm³/mol. The van der Waals surface area contributed by atoms with Crippen LogP contribution in [0.15, 0.2) is 76.9 Å². The number of carbonyl (C=O) groups excluding carboxylic acids is 2. The number of carboxylic acid groups (broad SMARTS) is 1. The first-order valence-electron chi connectivity index (χ1n) is 17.5. The Hall–Kier alpha value is -5.13. The zero-order valence-corrected chi connectivity index (χ0v) is 31.2. The van der Waals surface area contributed by atoms with Crippen LogP contribution >= 0.6 is 0 Å². The summed E-state index contributed by atoms with van der Waals surface area (Å²) < 4.78 is 69.7. The number of halogens is 1. The van der Waals surface area contributed by atoms with E-state index in [0.29, 0.717) is 60.3 Å². The monoisotopic (exact) mass is 782 g/mol. The van der Waals surface area contributed by atoms with Crippen LogP contribution in [0.3, 0.4) is 0 Å². The van der Waals surface area contributed by atoms with Gasteiger partial charge in [-0.05, 0) is 60.2 Å². The zero-order chi connectivity index (χ0) is 39.5. The maximum Gasteiger partial charge on any atom is 0.371 e. The van der Waals surface area contributed by atoms with E-state index in [9.17, 15) is 32.3 Å². The van der Waals surface area contributed by atoms with Crippen molar-refractivity contribution in [3.05, 3.63) is 101 Å². The average molecular weight is 783 g/mol. The average Bonchev–Trinajstić information content (AvgIpc) is 3.94. The molecule has 3 aromatic carbocycles. The number of fused-ring (bicyclic) bond motifs is 1. The van der Waals surface area contributed by atoms with Gasteiger partial charge in [0, 0.05) is 35.7 Å². The van der Waals surface area contributed by atoms with Gasteiger partial charge >= 0.3 is 5.97 Å². The minimum absolute atomic E-state index is 0.0396. The van der Waals surface area contributed by atoms with Crippen molar-refractivity contribution >= 4 is 44.3 Å². The summed E-state index contributed by atoms with van der Waals surface area (Å²) in [5, 5.41) is 21.1. The number of carbonyl (C=O) groups is 3. The summed E-state index contributed by atoms with van der Waals surface area (Å²) in [5.74, 6) is -3.67. The third kappa shape index (κ3) is 11.2. The van der Waals surface area contributed by atoms with Gasteiger partial charge in [-0.25, -0.2) is 17.6 Å². The summed E-state index contributed by atoms with van der Waals surface area (Å²) in [6, 6.07) is 15.4. The highest BCUT2D eigenvalue weighted by Crippen LogP contribution is 2.48. The summed E-state index contributed by atoms with van der Waals surface area (Å²) >= 11 is 0. The minimum atomic E-state index is -3.74. The highest BCUT2D eigenvalue weighted by molar-refractivity contribution is 7.92. The van der Waals surface area contributed by atoms with Gasteiger partial charge in [-0.1, -0.05) is 24.3 Å². The van der Waals surface area contributed by atoms with Crippen molar-refractivity contribution in [2.75, 3.05) is 70.4 Å². The number of nitrogens with one attached hydrogen (secondary N) is 1. The van der Waals surface area contributed by atoms with Crippen molar-refractivity contribution in [3.8, 4) is 11.3 Å². The number of ketones is 1. The molecule has 0 aliphatic heterocycles. The fourth-order valence-corrected chi connectivity index (χ4v) is 6.66. The lowest BCUT2D eigenvalue weighted by atomic mass is 10.0. The number of hydrogen-bond donors (Lipinski definition) is 3. The van der Waals surface area contributed by atoms with Crippen molar-refractivity contribution in [2.24, 2.45) is 0 Å². The molecule has 1 fully saturated rings. The van der Waals surface area contributed by atoms with Crippen molar-refractivity contribution in [1.29, 1.82) is 0 Å². The van der Waals surface area contributed by atoms with Gasteiger partial charge in [0.05, 0.1) is 76.9 Å². The molecule has 1 heterocycles. The van der Waals surface area contributed by atoms with Crippen LogP contribution in [-0.4, -0.2) is 102 Å². The number of amides is 1. The van der Waals surface area contributed by atoms with E-state index in [2.05, 4.69) is 5.32 Å². The lowest BCUT2D eigenvalue weighted by Crippen LogP contribution is -2.34. The normalized spacial score (nSPS) is 13.3. The fourth-order valence-electron chi connectivity index (χ4n) is 5.74. The van der Waals surface area contributed by atoms with Gasteiger partial charge in [0.1, 0.15) is 17.2 Å². The predicted octanol–water partition coefficient (Wildman–Crippen LogP) is 5.22. The van der Waals surface area contributed by atoms with Crippen LogP contribution in [0, 0.1) is 5.82 Å². The summed E-state index contributed by atoms with van der Waals surface area (Å²) in [6.07, 6.45) is 3.53. The van der Waals surface area contributed by atoms with Crippen LogP contribution in [0.1, 0.15) is 50.6 Å². The number of aliphatic hydroxyl groups excluding tert-OH is 1. The van der Waals surface area contributed by atoms with E-state index < -0.39 is 33.4 Å². The molecule has 5 rings (SSSR count). The molecule has 0 saturated heterocycles. The van der Waals surface area contributed by atoms with Gasteiger partial charge in [0.2, 0.25) is 15.8 Å². The van der Waals surface area contributed by atoms with Crippen molar-refractivity contribution in [2.45, 2.75) is 25.4 Å². The van der Waals surface area contributed by atoms with Crippen LogP contribution in [0.4, 0.5) is 10.1 Å². The number of furan rings is 1. The SMILES string of the molecule is CNC(=O)c1c(-c2ccc(F)cc2)oc2cc(N(CCOCCOCCOCCOCc3ccc(C(=O)C=C(O)C(=O)O)cc3)S(C)(=O)=O)c(C3CC3)cc12. The van der Waals surface area contributed by atoms with E-state index in [4.69, 9.17) is 28.5 Å². The number of rotatable bonds is 22. The number of nitrogens with zero attached hydrogens (tertiary/aromatic N) is 1. The highest BCUT2D eigenvalue weighted by Gasteiger charge is 2.33. The smallest absolute Gasteiger partial charge is 0.371 e. The topological polar surface area (TPSA) is 191 Å². The Morgan fingerprint density at radius 1 is 0.891 bits per heavy atom. The molecule has 294 valence electrons. The summed E-state index contributed by atoms with van der Waals surface area (Å²) in [4.78, 5) is 35.7. The van der Waals surface area contributed by atoms with Gasteiger partial charge in [-0.3, -0.25) is 13.9 Å². The molecule has 0 unspecified atom stereocenters. The van der Waals surface area contributed by atoms with Gasteiger partial charge in [-0.15, -0.1) is 0 Å². The molecule has 1 amide bonds. The van der Waals surface area contributed by atoms with E-state index in [1.165, 1.54) is 47.8 Å². The van der Waals surface area contributed by atoms with E-state index in [1.807, 2.05) is 6.07 Å². The lowest BCUT2D eigenvalue weighted by Gasteiger charge is -2.25. The number of sulfonamides is 1. The van der Waals surface area contributed by atoms with E-state index in [-0.39, 0.29) is 56.1 Å². The lowest BCUT2D eigenvalue weighted by molar-refractivity contribution is -0.135. The Balaban J connectivity index is 1.05. The second-order valence-electron chi connectivity index (χ2n) is 12.7. The molecule has 3 N–H and O–H groups in total. The van der Waals surface area contributed by atoms with E-state index >= 15 is 0 Å². The fraction of sp³-hybridized carbons (Fsp3) is 0.359. The first kappa shape index (κ1) is 41.0. The van der Waals surface area contributed by atoms with Gasteiger partial charge < -0.3 is 38.9 Å². The number of hydrogen-bond acceptors (Lipinski definition) is 11. The molecule has 1 aliphatic rings. The number of carboxylic acids is 1. The molecule has 55 heavy (non-hydrogen) atoms. The first-order chi connectivity index (χ1) is 26.4. The molecular formula is C39H43FN2O12S. The molecular weight excluding hydrogens is 739 g/mol. The van der Waals surface area contributed by atoms with Crippen LogP contribution < -0.4 is 9.62 Å². The van der Waals surface area contributed by atoms with Crippen LogP contribution in [0.5, 0.6) is 0 Å². The third-order valence-electron chi connectivity index (χ3n) is 8.63. The molecule has 0 bridgehead atoms. The number of ether oxygens (including phenoxy) is 4. The summed E-state index contributed by atoms with van der Waals surface area (Å²) in [7, 11) is -2.23. The van der Waals surface area contributed by atoms with Crippen molar-refractivity contribution in [1.82, 2.24) is 5.32 Å². The quantitative estimate of drug-likeness (QED) is 0.0409. The van der Waals surface area contributed by atoms with Gasteiger partial charge in [0.25, 0.3) is 5.91 Å². The van der Waals surface area contributed by atoms with E-state index in [0.717, 1.165) is 30.2 Å². The molecule has 16 heteroatoms. The zero-order valence-electron chi connectivity index (χ0n) is 30.4. The summed E-state index contributed by atoms with van der Waals surface area (Å²) in [5.41, 5.74) is 3.40. The second-order valence-corrected chi connectivity index (χ2v) is 14.6. The standard InChI is InChI=1S/C39H43FN2O12S/c1-41-38(45)36-31-21-30(26-7-8-26)32(22-35(31)54-37(36)28-9-11-29(40)12-10-28)42(55(2,48)49)13-14-50-15-16-51-17-18-52-19-20-53-24-25-3-5-27(6-4-25)33(43)23-34(44)39(46)47/h3-6,9-12,21-23,26,44H,7-8,13-20,24H2,1-2H3,(H,41,45)(H,46,47). The van der Waals surface area contributed by atoms with Gasteiger partial charge in [-0.2, -0.15) is 0 Å². The molecule has 1 aliphatic carbocycles. The molecule has 0 spiro atoms. The Bertz CT molecular complexity index is 2110. The summed E-state index contributed by atoms with van der Waals surface area (Å²) in [6.45, 7) is 2.18. The molecule has 0 radical (unpaired) electrons. The molecule has 4 aromatic rings. The van der Waals surface area contributed by atoms with Gasteiger partial charge in [0.15, 0.2) is 5.78 Å². The maximum absolute atomic E-state index is 13.7. The van der Waals surface area contributed by atoms with E-state index in [1.54, 1.807) is 18.2 Å². The Morgan fingerprint density at radius 2 is 1.49 bits per heavy atom. The highest BCUT2D eigenvalue weighted by atomic mass is 32.2. The Kier molecular flexibility index (Phi) is 14.1. The number of benzene rings is 3. The number of aliphatic carboxylic acids is 1. The minimum Gasteiger partial charge on any atom is -0.502 e. The molecule has 1 aromatic heterocycles. The molecule has 0 atom stereocenters. The number of anilines is 1. The third-order valence-corrected chi connectivity index (χ3v) is 9.81. The number of aliphatic hydroxyl groups is 1. The Morgan fingerprint density at radius 3 is 2.05 bits per heavy atom. The van der Waals surface area contributed by atoms with Crippen LogP contribution in [0.25, 0.3) is 22.3 Å².